The van der Waals surface area contributed by atoms with Crippen LogP contribution in [0.25, 0.3) is 0 Å². The van der Waals surface area contributed by atoms with E-state index in [1.54, 1.807) is 24.3 Å². The maximum absolute atomic E-state index is 13.1. The zero-order chi connectivity index (χ0) is 21.7. The fourth-order valence-corrected chi connectivity index (χ4v) is 3.69. The first-order chi connectivity index (χ1) is 14.4. The van der Waals surface area contributed by atoms with Gasteiger partial charge in [0.15, 0.2) is 0 Å². The number of carboxylic acid groups (broad SMARTS) is 2. The summed E-state index contributed by atoms with van der Waals surface area (Å²) in [4.78, 5) is 37.3. The Labute approximate surface area is 173 Å². The van der Waals surface area contributed by atoms with Crippen LogP contribution in [0.4, 0.5) is 5.69 Å². The largest absolute Gasteiger partial charge is 0.480 e. The van der Waals surface area contributed by atoms with Gasteiger partial charge in [-0.1, -0.05) is 48.5 Å². The quantitative estimate of drug-likeness (QED) is 0.518. The van der Waals surface area contributed by atoms with Crippen LogP contribution in [0.5, 0.6) is 0 Å². The molecule has 3 atom stereocenters. The lowest BCUT2D eigenvalue weighted by molar-refractivity contribution is -0.141. The summed E-state index contributed by atoms with van der Waals surface area (Å²) < 4.78 is 0. The highest BCUT2D eigenvalue weighted by molar-refractivity contribution is 6.02. The number of carbonyl (C=O) groups excluding carboxylic acids is 1. The first-order valence-corrected chi connectivity index (χ1v) is 9.69. The van der Waals surface area contributed by atoms with Crippen molar-refractivity contribution in [2.75, 3.05) is 11.4 Å². The maximum atomic E-state index is 13.1. The molecule has 2 aromatic rings. The summed E-state index contributed by atoms with van der Waals surface area (Å²) in [5, 5.41) is 32.4. The summed E-state index contributed by atoms with van der Waals surface area (Å²) in [6.45, 7) is -0.581. The molecule has 3 rings (SSSR count). The number of rotatable bonds is 8. The molecule has 0 saturated heterocycles. The summed E-state index contributed by atoms with van der Waals surface area (Å²) >= 11 is 0. The first-order valence-electron chi connectivity index (χ1n) is 9.69. The van der Waals surface area contributed by atoms with Gasteiger partial charge >= 0.3 is 11.9 Å². The Bertz CT molecular complexity index is 917. The van der Waals surface area contributed by atoms with E-state index in [-0.39, 0.29) is 12.8 Å². The van der Waals surface area contributed by atoms with Crippen molar-refractivity contribution in [3.63, 3.8) is 0 Å². The molecule has 1 heterocycles. The number of aryl methyl sites for hydroxylation is 1. The number of carbonyl (C=O) groups is 3. The standard InChI is InChI=1S/C22H24N2O6/c25-19-12-17(23-16(22(29)30)11-10-14-6-2-1-3-7-14)21(28)24(13-20(26)27)18-9-5-4-8-15(18)19/h1-9,16-17,19,23,25H,10-13H2,(H,26,27)(H,29,30)/t16-,17?,19+/m0/s1. The van der Waals surface area contributed by atoms with Gasteiger partial charge in [-0.2, -0.15) is 0 Å². The molecule has 0 aromatic heterocycles. The summed E-state index contributed by atoms with van der Waals surface area (Å²) in [5.74, 6) is -2.89. The van der Waals surface area contributed by atoms with E-state index in [0.717, 1.165) is 10.5 Å². The van der Waals surface area contributed by atoms with Crippen molar-refractivity contribution in [1.29, 1.82) is 0 Å². The molecule has 2 aromatic carbocycles. The zero-order valence-electron chi connectivity index (χ0n) is 16.3. The van der Waals surface area contributed by atoms with Gasteiger partial charge in [0.05, 0.1) is 17.8 Å². The van der Waals surface area contributed by atoms with Gasteiger partial charge < -0.3 is 15.3 Å². The van der Waals surface area contributed by atoms with Crippen LogP contribution >= 0.6 is 0 Å². The van der Waals surface area contributed by atoms with Crippen molar-refractivity contribution in [2.24, 2.45) is 0 Å². The Kier molecular flexibility index (Phi) is 6.81. The van der Waals surface area contributed by atoms with E-state index in [2.05, 4.69) is 5.32 Å². The molecule has 4 N–H and O–H groups in total. The monoisotopic (exact) mass is 412 g/mol. The highest BCUT2D eigenvalue weighted by Gasteiger charge is 2.37. The van der Waals surface area contributed by atoms with Crippen molar-refractivity contribution >= 4 is 23.5 Å². The molecule has 30 heavy (non-hydrogen) atoms. The van der Waals surface area contributed by atoms with Gasteiger partial charge in [-0.05, 0) is 24.5 Å². The van der Waals surface area contributed by atoms with Crippen molar-refractivity contribution in [3.8, 4) is 0 Å². The molecule has 1 aliphatic rings. The molecule has 8 heteroatoms. The molecule has 1 amide bonds. The number of fused-ring (bicyclic) bond motifs is 1. The Hall–Kier alpha value is -3.23. The second kappa shape index (κ2) is 9.51. The molecular formula is C22H24N2O6. The third kappa shape index (κ3) is 5.03. The van der Waals surface area contributed by atoms with Crippen molar-refractivity contribution < 1.29 is 29.7 Å². The smallest absolute Gasteiger partial charge is 0.323 e. The van der Waals surface area contributed by atoms with E-state index in [4.69, 9.17) is 0 Å². The van der Waals surface area contributed by atoms with Gasteiger partial charge in [0, 0.05) is 12.0 Å². The molecule has 0 spiro atoms. The number of aliphatic hydroxyl groups excluding tert-OH is 1. The number of aliphatic carboxylic acids is 2. The van der Waals surface area contributed by atoms with E-state index in [1.807, 2.05) is 30.3 Å². The van der Waals surface area contributed by atoms with Gasteiger partial charge in [-0.3, -0.25) is 24.6 Å². The van der Waals surface area contributed by atoms with Crippen LogP contribution in [0.3, 0.4) is 0 Å². The molecular weight excluding hydrogens is 388 g/mol. The number of hydrogen-bond donors (Lipinski definition) is 4. The Morgan fingerprint density at radius 2 is 1.73 bits per heavy atom. The minimum atomic E-state index is -1.20. The van der Waals surface area contributed by atoms with E-state index in [9.17, 15) is 29.7 Å². The number of aliphatic hydroxyl groups is 1. The van der Waals surface area contributed by atoms with Crippen LogP contribution in [0.15, 0.2) is 54.6 Å². The van der Waals surface area contributed by atoms with Gasteiger partial charge in [-0.15, -0.1) is 0 Å². The lowest BCUT2D eigenvalue weighted by Gasteiger charge is -2.26. The number of nitrogens with zero attached hydrogens (tertiary/aromatic N) is 1. The van der Waals surface area contributed by atoms with Gasteiger partial charge in [0.25, 0.3) is 0 Å². The van der Waals surface area contributed by atoms with Crippen molar-refractivity contribution in [1.82, 2.24) is 5.32 Å². The highest BCUT2D eigenvalue weighted by atomic mass is 16.4. The van der Waals surface area contributed by atoms with Gasteiger partial charge in [-0.25, -0.2) is 0 Å². The summed E-state index contributed by atoms with van der Waals surface area (Å²) in [7, 11) is 0. The molecule has 0 fully saturated rings. The average Bonchev–Trinajstić information content (AvgIpc) is 2.82. The van der Waals surface area contributed by atoms with Crippen LogP contribution < -0.4 is 10.2 Å². The number of hydrogen-bond acceptors (Lipinski definition) is 5. The second-order valence-corrected chi connectivity index (χ2v) is 7.26. The fraction of sp³-hybridized carbons (Fsp3) is 0.318. The molecule has 1 aliphatic heterocycles. The lowest BCUT2D eigenvalue weighted by Crippen LogP contribution is -2.52. The first kappa shape index (κ1) is 21.5. The van der Waals surface area contributed by atoms with Gasteiger partial charge in [0.1, 0.15) is 12.6 Å². The number of nitrogens with one attached hydrogen (secondary N) is 1. The van der Waals surface area contributed by atoms with Crippen molar-refractivity contribution in [3.05, 3.63) is 65.7 Å². The summed E-state index contributed by atoms with van der Waals surface area (Å²) in [6, 6.07) is 13.9. The van der Waals surface area contributed by atoms with E-state index >= 15 is 0 Å². The maximum Gasteiger partial charge on any atom is 0.323 e. The second-order valence-electron chi connectivity index (χ2n) is 7.26. The molecule has 8 nitrogen and oxygen atoms in total. The van der Waals surface area contributed by atoms with Crippen LogP contribution in [0, 0.1) is 0 Å². The molecule has 0 radical (unpaired) electrons. The topological polar surface area (TPSA) is 127 Å². The van der Waals surface area contributed by atoms with Crippen LogP contribution in [0.1, 0.15) is 30.1 Å². The Morgan fingerprint density at radius 1 is 1.07 bits per heavy atom. The van der Waals surface area contributed by atoms with E-state index < -0.39 is 42.6 Å². The molecule has 1 unspecified atom stereocenters. The summed E-state index contributed by atoms with van der Waals surface area (Å²) in [5.41, 5.74) is 1.73. The molecule has 158 valence electrons. The van der Waals surface area contributed by atoms with Crippen LogP contribution in [0.2, 0.25) is 0 Å². The summed E-state index contributed by atoms with van der Waals surface area (Å²) in [6.07, 6.45) is -0.357. The number of amides is 1. The third-order valence-electron chi connectivity index (χ3n) is 5.17. The van der Waals surface area contributed by atoms with Crippen LogP contribution in [-0.2, 0) is 20.8 Å². The molecule has 0 aliphatic carbocycles. The fourth-order valence-electron chi connectivity index (χ4n) is 3.69. The molecule has 0 saturated carbocycles. The van der Waals surface area contributed by atoms with Gasteiger partial charge in [0.2, 0.25) is 5.91 Å². The van der Waals surface area contributed by atoms with E-state index in [0.29, 0.717) is 17.7 Å². The normalized spacial score (nSPS) is 19.6. The average molecular weight is 412 g/mol. The highest BCUT2D eigenvalue weighted by Crippen LogP contribution is 2.33. The Morgan fingerprint density at radius 3 is 2.40 bits per heavy atom. The minimum absolute atomic E-state index is 0.0545. The number of benzene rings is 2. The number of anilines is 1. The predicted octanol–water partition coefficient (Wildman–Crippen LogP) is 1.59. The SMILES string of the molecule is O=C(O)CN1C(=O)C(N[C@@H](CCc2ccccc2)C(=O)O)C[C@@H](O)c2ccccc21. The van der Waals surface area contributed by atoms with Crippen LogP contribution in [-0.4, -0.2) is 51.8 Å². The lowest BCUT2D eigenvalue weighted by atomic mass is 10.0. The van der Waals surface area contributed by atoms with E-state index in [1.165, 1.54) is 0 Å². The minimum Gasteiger partial charge on any atom is -0.480 e. The third-order valence-corrected chi connectivity index (χ3v) is 5.17. The molecule has 0 bridgehead atoms. The van der Waals surface area contributed by atoms with Crippen molar-refractivity contribution in [2.45, 2.75) is 37.5 Å². The number of carboxylic acids is 2. The Balaban J connectivity index is 1.82. The zero-order valence-corrected chi connectivity index (χ0v) is 16.3. The predicted molar refractivity (Wildman–Crippen MR) is 109 cm³/mol. The number of para-hydroxylation sites is 1.